The summed E-state index contributed by atoms with van der Waals surface area (Å²) in [6, 6.07) is 17.9. The summed E-state index contributed by atoms with van der Waals surface area (Å²) >= 11 is 0. The summed E-state index contributed by atoms with van der Waals surface area (Å²) in [6.07, 6.45) is 0. The predicted molar refractivity (Wildman–Crippen MR) is 148 cm³/mol. The third kappa shape index (κ3) is 3.33. The van der Waals surface area contributed by atoms with E-state index in [1.54, 1.807) is 12.1 Å². The lowest BCUT2D eigenvalue weighted by Gasteiger charge is -2.29. The Bertz CT molecular complexity index is 2010. The van der Waals surface area contributed by atoms with Gasteiger partial charge in [0.1, 0.15) is 11.6 Å². The number of hydrogen-bond donors (Lipinski definition) is 0. The van der Waals surface area contributed by atoms with Crippen LogP contribution in [0.3, 0.4) is 0 Å². The van der Waals surface area contributed by atoms with E-state index in [1.807, 2.05) is 0 Å². The van der Waals surface area contributed by atoms with E-state index in [4.69, 9.17) is 0 Å². The number of rotatable bonds is 4. The highest BCUT2D eigenvalue weighted by Crippen LogP contribution is 2.38. The molecule has 5 aromatic rings. The molecule has 0 saturated carbocycles. The molecule has 2 aliphatic rings. The van der Waals surface area contributed by atoms with Gasteiger partial charge in [0.25, 0.3) is 35.0 Å². The number of pyridine rings is 1. The van der Waals surface area contributed by atoms with Gasteiger partial charge in [0.2, 0.25) is 0 Å². The van der Waals surface area contributed by atoms with E-state index in [1.165, 1.54) is 54.6 Å². The monoisotopic (exact) mass is 559 g/mol. The highest BCUT2D eigenvalue weighted by Gasteiger charge is 2.39. The van der Waals surface area contributed by atoms with Crippen molar-refractivity contribution in [3.8, 4) is 0 Å². The van der Waals surface area contributed by atoms with Gasteiger partial charge in [0.15, 0.2) is 0 Å². The number of anilines is 2. The highest BCUT2D eigenvalue weighted by molar-refractivity contribution is 6.37. The Morgan fingerprint density at radius 1 is 0.524 bits per heavy atom. The number of hydrogen-bond acceptors (Lipinski definition) is 9. The largest absolute Gasteiger partial charge is 0.270 e. The topological polar surface area (TPSA) is 174 Å². The van der Waals surface area contributed by atoms with Crippen LogP contribution in [-0.2, 0) is 0 Å². The van der Waals surface area contributed by atoms with E-state index in [2.05, 4.69) is 4.98 Å². The van der Waals surface area contributed by atoms with Gasteiger partial charge < -0.3 is 0 Å². The van der Waals surface area contributed by atoms with Crippen molar-refractivity contribution in [2.24, 2.45) is 0 Å². The summed E-state index contributed by atoms with van der Waals surface area (Å²) in [5, 5.41) is 24.3. The molecule has 0 radical (unpaired) electrons. The molecule has 4 amide bonds. The Morgan fingerprint density at radius 3 is 1.31 bits per heavy atom. The highest BCUT2D eigenvalue weighted by atomic mass is 16.6. The summed E-state index contributed by atoms with van der Waals surface area (Å²) in [4.78, 5) is 81.9. The molecule has 13 heteroatoms. The fourth-order valence-corrected chi connectivity index (χ4v) is 5.47. The van der Waals surface area contributed by atoms with Crippen molar-refractivity contribution in [2.45, 2.75) is 0 Å². The number of carbonyl (C=O) groups is 4. The zero-order valence-corrected chi connectivity index (χ0v) is 21.0. The van der Waals surface area contributed by atoms with E-state index in [0.29, 0.717) is 10.8 Å². The van der Waals surface area contributed by atoms with Crippen LogP contribution in [-0.4, -0.2) is 38.5 Å². The van der Waals surface area contributed by atoms with E-state index in [9.17, 15) is 39.4 Å². The third-order valence-corrected chi connectivity index (χ3v) is 7.26. The molecule has 0 fully saturated rings. The van der Waals surface area contributed by atoms with Gasteiger partial charge in [-0.05, 0) is 35.0 Å². The van der Waals surface area contributed by atoms with Gasteiger partial charge in [-0.3, -0.25) is 39.4 Å². The first-order valence-electron chi connectivity index (χ1n) is 12.3. The predicted octanol–water partition coefficient (Wildman–Crippen LogP) is 4.81. The van der Waals surface area contributed by atoms with Crippen molar-refractivity contribution in [1.82, 2.24) is 4.98 Å². The Hall–Kier alpha value is -6.37. The van der Waals surface area contributed by atoms with Gasteiger partial charge in [-0.2, -0.15) is 0 Å². The molecule has 0 spiro atoms. The smallest absolute Gasteiger partial charge is 0.268 e. The summed E-state index contributed by atoms with van der Waals surface area (Å²) in [5.41, 5.74) is -0.625. The molecule has 0 unspecified atom stereocenters. The molecule has 0 aliphatic carbocycles. The van der Waals surface area contributed by atoms with E-state index in [0.717, 1.165) is 21.9 Å². The summed E-state index contributed by atoms with van der Waals surface area (Å²) in [6.45, 7) is 0. The van der Waals surface area contributed by atoms with Crippen LogP contribution in [0.5, 0.6) is 0 Å². The van der Waals surface area contributed by atoms with Crippen LogP contribution in [0.1, 0.15) is 41.4 Å². The molecule has 2 aliphatic heterocycles. The lowest BCUT2D eigenvalue weighted by Crippen LogP contribution is -2.43. The molecular formula is C29H13N5O8. The van der Waals surface area contributed by atoms with Gasteiger partial charge in [0.05, 0.1) is 21.0 Å². The number of non-ortho nitro benzene ring substituents is 2. The summed E-state index contributed by atoms with van der Waals surface area (Å²) < 4.78 is 0. The number of nitro groups is 2. The maximum Gasteiger partial charge on any atom is 0.270 e. The minimum absolute atomic E-state index is 0.0837. The number of imide groups is 2. The van der Waals surface area contributed by atoms with Crippen molar-refractivity contribution in [3.05, 3.63) is 121 Å². The zero-order valence-electron chi connectivity index (χ0n) is 21.0. The second-order valence-electron chi connectivity index (χ2n) is 9.55. The summed E-state index contributed by atoms with van der Waals surface area (Å²) in [7, 11) is 0. The van der Waals surface area contributed by atoms with E-state index < -0.39 is 33.5 Å². The average Bonchev–Trinajstić information content (AvgIpc) is 2.98. The molecule has 0 N–H and O–H groups in total. The molecule has 42 heavy (non-hydrogen) atoms. The van der Waals surface area contributed by atoms with Crippen molar-refractivity contribution >= 4 is 68.2 Å². The summed E-state index contributed by atoms with van der Waals surface area (Å²) in [5.74, 6) is -3.73. The quantitative estimate of drug-likeness (QED) is 0.170. The molecule has 0 atom stereocenters. The van der Waals surface area contributed by atoms with E-state index in [-0.39, 0.29) is 56.0 Å². The molecule has 1 aromatic heterocycles. The minimum atomic E-state index is -0.876. The first kappa shape index (κ1) is 24.7. The molecule has 4 aromatic carbocycles. The lowest BCUT2D eigenvalue weighted by atomic mass is 9.93. The first-order chi connectivity index (χ1) is 20.2. The van der Waals surface area contributed by atoms with Gasteiger partial charge in [-0.15, -0.1) is 0 Å². The number of amides is 4. The lowest BCUT2D eigenvalue weighted by molar-refractivity contribution is -0.384. The van der Waals surface area contributed by atoms with Crippen LogP contribution >= 0.6 is 0 Å². The van der Waals surface area contributed by atoms with Crippen molar-refractivity contribution in [3.63, 3.8) is 0 Å². The number of nitrogens with zero attached hydrogens (tertiary/aromatic N) is 5. The van der Waals surface area contributed by atoms with Crippen LogP contribution in [0, 0.1) is 20.2 Å². The van der Waals surface area contributed by atoms with Gasteiger partial charge in [-0.1, -0.05) is 30.3 Å². The van der Waals surface area contributed by atoms with Gasteiger partial charge in [-0.25, -0.2) is 14.8 Å². The Labute approximate surface area is 233 Å². The number of carbonyl (C=O) groups excluding carboxylic acids is 4. The van der Waals surface area contributed by atoms with Crippen molar-refractivity contribution in [1.29, 1.82) is 0 Å². The molecule has 202 valence electrons. The first-order valence-corrected chi connectivity index (χ1v) is 12.3. The fourth-order valence-electron chi connectivity index (χ4n) is 5.47. The van der Waals surface area contributed by atoms with Gasteiger partial charge in [0, 0.05) is 46.2 Å². The molecule has 7 rings (SSSR count). The van der Waals surface area contributed by atoms with Crippen LogP contribution in [0.4, 0.5) is 23.0 Å². The zero-order chi connectivity index (χ0) is 29.4. The second-order valence-corrected chi connectivity index (χ2v) is 9.55. The molecule has 0 saturated heterocycles. The molecule has 0 bridgehead atoms. The second kappa shape index (κ2) is 8.56. The van der Waals surface area contributed by atoms with Crippen LogP contribution in [0.15, 0.2) is 78.9 Å². The van der Waals surface area contributed by atoms with Crippen LogP contribution < -0.4 is 9.80 Å². The number of aromatic nitrogens is 1. The van der Waals surface area contributed by atoms with Crippen LogP contribution in [0.2, 0.25) is 0 Å². The average molecular weight is 559 g/mol. The fraction of sp³-hybridized carbons (Fsp3) is 0. The Kier molecular flexibility index (Phi) is 5.03. The Balaban J connectivity index is 1.36. The third-order valence-electron chi connectivity index (χ3n) is 7.26. The van der Waals surface area contributed by atoms with E-state index >= 15 is 0 Å². The SMILES string of the molecule is O=C1c2cccc3cc([N+](=O)[O-])cc(c23)C(=O)N1c1cccc(N2C(=O)c3cccc4cc([N+](=O)[O-])cc(c34)C2=O)n1. The standard InChI is InChI=1S/C29H13N5O8/c35-26-18-6-1-4-14-10-16(33(39)40)12-20(24(14)18)28(37)31(26)22-8-3-9-23(30-22)32-27(36)19-7-2-5-15-11-17(34(41)42)13-21(25(15)19)29(32)38/h1-13H. The minimum Gasteiger partial charge on any atom is -0.268 e. The van der Waals surface area contributed by atoms with Crippen LogP contribution in [0.25, 0.3) is 21.5 Å². The Morgan fingerprint density at radius 2 is 0.905 bits per heavy atom. The van der Waals surface area contributed by atoms with Gasteiger partial charge >= 0.3 is 0 Å². The maximum atomic E-state index is 13.6. The maximum absolute atomic E-state index is 13.6. The van der Waals surface area contributed by atoms with Crippen molar-refractivity contribution in [2.75, 3.05) is 9.80 Å². The molecular weight excluding hydrogens is 546 g/mol. The molecule has 3 heterocycles. The molecule has 13 nitrogen and oxygen atoms in total. The number of nitro benzene ring substituents is 2. The van der Waals surface area contributed by atoms with Crippen molar-refractivity contribution < 1.29 is 29.0 Å². The number of benzene rings is 4. The normalized spacial score (nSPS) is 14.2.